The van der Waals surface area contributed by atoms with E-state index in [0.29, 0.717) is 0 Å². The van der Waals surface area contributed by atoms with Crippen LogP contribution in [0.2, 0.25) is 0 Å². The van der Waals surface area contributed by atoms with Crippen molar-refractivity contribution in [3.63, 3.8) is 0 Å². The average Bonchev–Trinajstić information content (AvgIpc) is 2.26. The molecule has 0 amide bonds. The van der Waals surface area contributed by atoms with Crippen molar-refractivity contribution in [2.45, 2.75) is 12.1 Å². The van der Waals surface area contributed by atoms with Crippen LogP contribution in [0.1, 0.15) is 11.7 Å². The molecule has 0 heterocycles. The van der Waals surface area contributed by atoms with Gasteiger partial charge >= 0.3 is 5.97 Å². The van der Waals surface area contributed by atoms with E-state index in [0.717, 1.165) is 12.1 Å². The zero-order valence-corrected chi connectivity index (χ0v) is 8.07. The van der Waals surface area contributed by atoms with Crippen molar-refractivity contribution in [1.82, 2.24) is 0 Å². The number of carboxylic acid groups (broad SMARTS) is 1. The molecule has 0 saturated carbocycles. The van der Waals surface area contributed by atoms with E-state index in [1.54, 1.807) is 0 Å². The first-order valence-corrected chi connectivity index (χ1v) is 4.30. The van der Waals surface area contributed by atoms with Crippen molar-refractivity contribution in [2.24, 2.45) is 10.9 Å². The Balaban J connectivity index is 3.01. The van der Waals surface area contributed by atoms with Gasteiger partial charge in [0.2, 0.25) is 0 Å². The van der Waals surface area contributed by atoms with Crippen LogP contribution in [0.25, 0.3) is 0 Å². The summed E-state index contributed by atoms with van der Waals surface area (Å²) in [6.45, 7) is 0. The van der Waals surface area contributed by atoms with Crippen molar-refractivity contribution in [3.05, 3.63) is 28.7 Å². The summed E-state index contributed by atoms with van der Waals surface area (Å²) in [6, 6.07) is 1.97. The van der Waals surface area contributed by atoms with Crippen LogP contribution in [-0.2, 0) is 4.79 Å². The molecule has 0 unspecified atom stereocenters. The zero-order valence-electron chi connectivity index (χ0n) is 8.07. The lowest BCUT2D eigenvalue weighted by molar-refractivity contribution is -0.141. The second-order valence-corrected chi connectivity index (χ2v) is 3.15. The smallest absolute Gasteiger partial charge is 0.323 e. The number of nitrogens with zero attached hydrogens (tertiary/aromatic N) is 1. The van der Waals surface area contributed by atoms with Crippen LogP contribution in [-0.4, -0.2) is 27.3 Å². The van der Waals surface area contributed by atoms with Gasteiger partial charge in [0.25, 0.3) is 0 Å². The number of carboxylic acids is 1. The molecule has 0 spiro atoms. The molecule has 0 aromatic heterocycles. The molecule has 7 nitrogen and oxygen atoms in total. The average molecular weight is 226 g/mol. The van der Waals surface area contributed by atoms with Crippen LogP contribution < -0.4 is 5.73 Å². The van der Waals surface area contributed by atoms with Crippen LogP contribution in [0.4, 0.5) is 5.69 Å². The maximum atomic E-state index is 10.5. The minimum Gasteiger partial charge on any atom is -0.506 e. The first kappa shape index (κ1) is 12.1. The van der Waals surface area contributed by atoms with E-state index in [1.807, 2.05) is 0 Å². The molecule has 2 atom stereocenters. The Hall–Kier alpha value is -1.99. The number of carbonyl (C=O) groups is 1. The summed E-state index contributed by atoms with van der Waals surface area (Å²) in [4.78, 5) is 20.7. The molecule has 0 aliphatic heterocycles. The lowest BCUT2D eigenvalue weighted by Crippen LogP contribution is -2.36. The molecule has 0 aliphatic rings. The molecule has 0 fully saturated rings. The van der Waals surface area contributed by atoms with Gasteiger partial charge < -0.3 is 21.1 Å². The summed E-state index contributed by atoms with van der Waals surface area (Å²) in [5.74, 6) is -1.81. The summed E-state index contributed by atoms with van der Waals surface area (Å²) in [5.41, 5.74) is 5.10. The fourth-order valence-corrected chi connectivity index (χ4v) is 1.14. The first-order chi connectivity index (χ1) is 7.47. The molecule has 0 radical (unpaired) electrons. The highest BCUT2D eigenvalue weighted by Crippen LogP contribution is 2.29. The molecule has 1 aromatic rings. The normalized spacial score (nSPS) is 14.1. The maximum Gasteiger partial charge on any atom is 0.323 e. The van der Waals surface area contributed by atoms with E-state index in [4.69, 9.17) is 10.8 Å². The number of aliphatic hydroxyl groups is 1. The molecule has 0 aliphatic carbocycles. The fraction of sp³-hybridized carbons (Fsp3) is 0.222. The Morgan fingerprint density at radius 3 is 2.50 bits per heavy atom. The Morgan fingerprint density at radius 2 is 2.06 bits per heavy atom. The van der Waals surface area contributed by atoms with Crippen molar-refractivity contribution >= 4 is 11.7 Å². The van der Waals surface area contributed by atoms with Crippen LogP contribution in [0, 0.1) is 4.91 Å². The molecule has 0 saturated heterocycles. The highest BCUT2D eigenvalue weighted by atomic mass is 16.4. The van der Waals surface area contributed by atoms with Gasteiger partial charge in [0.15, 0.2) is 0 Å². The lowest BCUT2D eigenvalue weighted by atomic mass is 10.0. The zero-order chi connectivity index (χ0) is 12.3. The van der Waals surface area contributed by atoms with Gasteiger partial charge in [-0.3, -0.25) is 4.79 Å². The number of hydrogen-bond acceptors (Lipinski definition) is 6. The van der Waals surface area contributed by atoms with E-state index in [-0.39, 0.29) is 11.3 Å². The van der Waals surface area contributed by atoms with E-state index < -0.39 is 23.9 Å². The Morgan fingerprint density at radius 1 is 1.44 bits per heavy atom. The number of aliphatic carboxylic acids is 1. The largest absolute Gasteiger partial charge is 0.506 e. The van der Waals surface area contributed by atoms with Gasteiger partial charge in [-0.15, -0.1) is 4.91 Å². The SMILES string of the molecule is N[C@@H](C(=O)O)[C@H](O)c1ccc(N=O)c(O)c1. The first-order valence-electron chi connectivity index (χ1n) is 4.30. The number of phenols is 1. The van der Waals surface area contributed by atoms with E-state index >= 15 is 0 Å². The summed E-state index contributed by atoms with van der Waals surface area (Å²) < 4.78 is 0. The third-order valence-electron chi connectivity index (χ3n) is 2.06. The lowest BCUT2D eigenvalue weighted by Gasteiger charge is -2.15. The van der Waals surface area contributed by atoms with Crippen molar-refractivity contribution in [3.8, 4) is 5.75 Å². The van der Waals surface area contributed by atoms with Gasteiger partial charge in [0.05, 0.1) is 0 Å². The maximum absolute atomic E-state index is 10.5. The van der Waals surface area contributed by atoms with Crippen molar-refractivity contribution < 1.29 is 20.1 Å². The van der Waals surface area contributed by atoms with Gasteiger partial charge in [0, 0.05) is 0 Å². The van der Waals surface area contributed by atoms with Crippen molar-refractivity contribution in [1.29, 1.82) is 0 Å². The predicted octanol–water partition coefficient (Wildman–Crippen LogP) is 0.235. The topological polar surface area (TPSA) is 133 Å². The quantitative estimate of drug-likeness (QED) is 0.543. The number of benzene rings is 1. The van der Waals surface area contributed by atoms with Gasteiger partial charge in [-0.05, 0) is 22.9 Å². The number of aliphatic hydroxyl groups excluding tert-OH is 1. The van der Waals surface area contributed by atoms with Gasteiger partial charge in [-0.2, -0.15) is 0 Å². The molecule has 1 aromatic carbocycles. The van der Waals surface area contributed by atoms with Gasteiger partial charge in [-0.1, -0.05) is 6.07 Å². The summed E-state index contributed by atoms with van der Waals surface area (Å²) >= 11 is 0. The molecule has 7 heteroatoms. The van der Waals surface area contributed by atoms with Crippen LogP contribution in [0.15, 0.2) is 23.4 Å². The van der Waals surface area contributed by atoms with E-state index in [1.165, 1.54) is 6.07 Å². The van der Waals surface area contributed by atoms with Crippen LogP contribution in [0.5, 0.6) is 5.75 Å². The standard InChI is InChI=1S/C9H10N2O5/c10-7(9(14)15)8(13)4-1-2-5(11-16)6(12)3-4/h1-3,7-8,12-13H,10H2,(H,14,15)/t7-,8-/m1/s1. The Labute approximate surface area is 90.1 Å². The highest BCUT2D eigenvalue weighted by molar-refractivity contribution is 5.74. The van der Waals surface area contributed by atoms with Crippen LogP contribution in [0.3, 0.4) is 0 Å². The molecular weight excluding hydrogens is 216 g/mol. The minimum absolute atomic E-state index is 0.0970. The van der Waals surface area contributed by atoms with E-state index in [9.17, 15) is 19.9 Å². The molecule has 1 rings (SSSR count). The number of hydrogen-bond donors (Lipinski definition) is 4. The number of nitrogens with two attached hydrogens (primary N) is 1. The molecule has 16 heavy (non-hydrogen) atoms. The van der Waals surface area contributed by atoms with Gasteiger partial charge in [-0.25, -0.2) is 0 Å². The third kappa shape index (κ3) is 2.33. The number of phenolic OH excluding ortho intramolecular Hbond substituents is 1. The predicted molar refractivity (Wildman–Crippen MR) is 54.1 cm³/mol. The Kier molecular flexibility index (Phi) is 3.54. The molecular formula is C9H10N2O5. The fourth-order valence-electron chi connectivity index (χ4n) is 1.14. The van der Waals surface area contributed by atoms with Crippen molar-refractivity contribution in [2.75, 3.05) is 0 Å². The van der Waals surface area contributed by atoms with Crippen LogP contribution >= 0.6 is 0 Å². The number of rotatable bonds is 4. The van der Waals surface area contributed by atoms with E-state index in [2.05, 4.69) is 5.18 Å². The molecule has 0 bridgehead atoms. The number of nitroso groups, excluding NO2 is 1. The highest BCUT2D eigenvalue weighted by Gasteiger charge is 2.24. The number of aromatic hydroxyl groups is 1. The second kappa shape index (κ2) is 4.69. The second-order valence-electron chi connectivity index (χ2n) is 3.15. The summed E-state index contributed by atoms with van der Waals surface area (Å²) in [6.07, 6.45) is -1.47. The monoisotopic (exact) mass is 226 g/mol. The minimum atomic E-state index is -1.51. The third-order valence-corrected chi connectivity index (χ3v) is 2.06. The van der Waals surface area contributed by atoms with Gasteiger partial charge in [0.1, 0.15) is 23.6 Å². The summed E-state index contributed by atoms with van der Waals surface area (Å²) in [5, 5.41) is 29.9. The molecule has 5 N–H and O–H groups in total. The molecule has 86 valence electrons. The summed E-state index contributed by atoms with van der Waals surface area (Å²) in [7, 11) is 0. The Bertz CT molecular complexity index is 420.